The van der Waals surface area contributed by atoms with E-state index in [1.165, 1.54) is 27.8 Å². The fraction of sp³-hybridized carbons (Fsp3) is 0.235. The first-order chi connectivity index (χ1) is 8.95. The zero-order valence-electron chi connectivity index (χ0n) is 11.7. The third-order valence-electron chi connectivity index (χ3n) is 3.78. The number of hydrogen-bond donors (Lipinski definition) is 0. The third-order valence-corrected chi connectivity index (χ3v) is 4.11. The fourth-order valence-electron chi connectivity index (χ4n) is 2.43. The van der Waals surface area contributed by atoms with E-state index in [0.717, 1.165) is 11.8 Å². The molecule has 98 valence electrons. The fourth-order valence-corrected chi connectivity index (χ4v) is 2.65. The SMILES string of the molecule is Cc1cc(C)c(C)c(-c2ccc(C=O)c(Cl)c2)c1C. The Balaban J connectivity index is 2.72. The maximum Gasteiger partial charge on any atom is 0.151 e. The highest BCUT2D eigenvalue weighted by Crippen LogP contribution is 2.33. The molecule has 0 atom stereocenters. The summed E-state index contributed by atoms with van der Waals surface area (Å²) in [5.74, 6) is 0. The number of rotatable bonds is 2. The van der Waals surface area contributed by atoms with E-state index in [4.69, 9.17) is 11.6 Å². The summed E-state index contributed by atoms with van der Waals surface area (Å²) in [6.45, 7) is 8.48. The highest BCUT2D eigenvalue weighted by molar-refractivity contribution is 6.33. The molecular formula is C17H17ClO. The van der Waals surface area contributed by atoms with E-state index in [-0.39, 0.29) is 0 Å². The maximum absolute atomic E-state index is 10.8. The lowest BCUT2D eigenvalue weighted by Gasteiger charge is -2.16. The molecule has 2 rings (SSSR count). The molecule has 0 unspecified atom stereocenters. The van der Waals surface area contributed by atoms with Crippen LogP contribution in [0.2, 0.25) is 5.02 Å². The van der Waals surface area contributed by atoms with Crippen molar-refractivity contribution in [1.82, 2.24) is 0 Å². The number of hydrogen-bond acceptors (Lipinski definition) is 1. The molecule has 0 spiro atoms. The molecule has 2 aromatic carbocycles. The van der Waals surface area contributed by atoms with E-state index >= 15 is 0 Å². The number of carbonyl (C=O) groups is 1. The predicted octanol–water partition coefficient (Wildman–Crippen LogP) is 5.05. The standard InChI is InChI=1S/C17H17ClO/c1-10-7-11(2)13(4)17(12(10)3)14-5-6-15(9-19)16(18)8-14/h5-9H,1-4H3. The van der Waals surface area contributed by atoms with E-state index in [2.05, 4.69) is 33.8 Å². The van der Waals surface area contributed by atoms with Crippen molar-refractivity contribution in [2.24, 2.45) is 0 Å². The Labute approximate surface area is 119 Å². The van der Waals surface area contributed by atoms with Gasteiger partial charge in [-0.25, -0.2) is 0 Å². The third kappa shape index (κ3) is 2.43. The summed E-state index contributed by atoms with van der Waals surface area (Å²) in [7, 11) is 0. The van der Waals surface area contributed by atoms with Crippen LogP contribution >= 0.6 is 11.6 Å². The van der Waals surface area contributed by atoms with Gasteiger partial charge >= 0.3 is 0 Å². The van der Waals surface area contributed by atoms with Crippen molar-refractivity contribution in [3.8, 4) is 11.1 Å². The van der Waals surface area contributed by atoms with Gasteiger partial charge in [-0.3, -0.25) is 4.79 Å². The summed E-state index contributed by atoms with van der Waals surface area (Å²) < 4.78 is 0. The summed E-state index contributed by atoms with van der Waals surface area (Å²) in [6, 6.07) is 7.82. The smallest absolute Gasteiger partial charge is 0.151 e. The first-order valence-electron chi connectivity index (χ1n) is 6.28. The van der Waals surface area contributed by atoms with Gasteiger partial charge in [-0.05, 0) is 73.2 Å². The topological polar surface area (TPSA) is 17.1 Å². The van der Waals surface area contributed by atoms with E-state index in [1.807, 2.05) is 12.1 Å². The second-order valence-electron chi connectivity index (χ2n) is 4.99. The Hall–Kier alpha value is -1.60. The lowest BCUT2D eigenvalue weighted by atomic mass is 9.89. The molecule has 0 radical (unpaired) electrons. The maximum atomic E-state index is 10.8. The molecule has 0 amide bonds. The number of aryl methyl sites for hydroxylation is 2. The van der Waals surface area contributed by atoms with Gasteiger partial charge in [0, 0.05) is 5.56 Å². The van der Waals surface area contributed by atoms with Gasteiger partial charge in [0.2, 0.25) is 0 Å². The van der Waals surface area contributed by atoms with Crippen molar-refractivity contribution >= 4 is 17.9 Å². The number of benzene rings is 2. The van der Waals surface area contributed by atoms with Crippen LogP contribution in [-0.4, -0.2) is 6.29 Å². The minimum atomic E-state index is 0.505. The molecule has 0 saturated heterocycles. The Bertz CT molecular complexity index is 631. The van der Waals surface area contributed by atoms with Gasteiger partial charge in [-0.2, -0.15) is 0 Å². The van der Waals surface area contributed by atoms with Gasteiger partial charge in [0.15, 0.2) is 6.29 Å². The molecule has 0 aliphatic rings. The molecular weight excluding hydrogens is 256 g/mol. The van der Waals surface area contributed by atoms with Crippen molar-refractivity contribution in [3.63, 3.8) is 0 Å². The Morgan fingerprint density at radius 3 is 2.00 bits per heavy atom. The van der Waals surface area contributed by atoms with Crippen LogP contribution in [0.1, 0.15) is 32.6 Å². The summed E-state index contributed by atoms with van der Waals surface area (Å²) >= 11 is 6.13. The average molecular weight is 273 g/mol. The quantitative estimate of drug-likeness (QED) is 0.699. The second-order valence-corrected chi connectivity index (χ2v) is 5.40. The normalized spacial score (nSPS) is 10.6. The second kappa shape index (κ2) is 5.18. The van der Waals surface area contributed by atoms with Crippen LogP contribution in [0.5, 0.6) is 0 Å². The first kappa shape index (κ1) is 13.8. The van der Waals surface area contributed by atoms with Crippen molar-refractivity contribution < 1.29 is 4.79 Å². The number of aldehydes is 1. The molecule has 0 aliphatic heterocycles. The van der Waals surface area contributed by atoms with E-state index in [9.17, 15) is 4.79 Å². The number of halogens is 1. The summed E-state index contributed by atoms with van der Waals surface area (Å²) in [4.78, 5) is 10.8. The summed E-state index contributed by atoms with van der Waals surface area (Å²) in [6.07, 6.45) is 0.785. The molecule has 2 heteroatoms. The predicted molar refractivity (Wildman–Crippen MR) is 81.2 cm³/mol. The molecule has 0 bridgehead atoms. The molecule has 0 saturated carbocycles. The molecule has 2 aromatic rings. The van der Waals surface area contributed by atoms with Gasteiger partial charge in [0.05, 0.1) is 5.02 Å². The lowest BCUT2D eigenvalue weighted by molar-refractivity contribution is 0.112. The Morgan fingerprint density at radius 2 is 1.53 bits per heavy atom. The van der Waals surface area contributed by atoms with Crippen LogP contribution in [0.25, 0.3) is 11.1 Å². The molecule has 19 heavy (non-hydrogen) atoms. The van der Waals surface area contributed by atoms with E-state index in [0.29, 0.717) is 10.6 Å². The molecule has 0 aromatic heterocycles. The molecule has 0 N–H and O–H groups in total. The molecule has 0 aliphatic carbocycles. The lowest BCUT2D eigenvalue weighted by Crippen LogP contribution is -1.95. The van der Waals surface area contributed by atoms with Crippen LogP contribution in [0.4, 0.5) is 0 Å². The van der Waals surface area contributed by atoms with Gasteiger partial charge in [0.25, 0.3) is 0 Å². The van der Waals surface area contributed by atoms with Crippen LogP contribution < -0.4 is 0 Å². The van der Waals surface area contributed by atoms with Crippen LogP contribution in [0.3, 0.4) is 0 Å². The minimum Gasteiger partial charge on any atom is -0.298 e. The van der Waals surface area contributed by atoms with Crippen molar-refractivity contribution in [3.05, 3.63) is 57.1 Å². The van der Waals surface area contributed by atoms with Gasteiger partial charge < -0.3 is 0 Å². The van der Waals surface area contributed by atoms with E-state index < -0.39 is 0 Å². The van der Waals surface area contributed by atoms with Crippen molar-refractivity contribution in [2.45, 2.75) is 27.7 Å². The summed E-state index contributed by atoms with van der Waals surface area (Å²) in [5, 5.41) is 0.505. The molecule has 1 nitrogen and oxygen atoms in total. The minimum absolute atomic E-state index is 0.505. The zero-order valence-corrected chi connectivity index (χ0v) is 12.4. The van der Waals surface area contributed by atoms with Crippen LogP contribution in [-0.2, 0) is 0 Å². The van der Waals surface area contributed by atoms with Crippen LogP contribution in [0.15, 0.2) is 24.3 Å². The highest BCUT2D eigenvalue weighted by Gasteiger charge is 2.11. The number of carbonyl (C=O) groups excluding carboxylic acids is 1. The highest BCUT2D eigenvalue weighted by atomic mass is 35.5. The molecule has 0 heterocycles. The summed E-state index contributed by atoms with van der Waals surface area (Å²) in [5.41, 5.74) is 7.89. The van der Waals surface area contributed by atoms with E-state index in [1.54, 1.807) is 6.07 Å². The Kier molecular flexibility index (Phi) is 3.77. The van der Waals surface area contributed by atoms with Crippen molar-refractivity contribution in [2.75, 3.05) is 0 Å². The van der Waals surface area contributed by atoms with Gasteiger partial charge in [-0.15, -0.1) is 0 Å². The molecule has 0 fully saturated rings. The largest absolute Gasteiger partial charge is 0.298 e. The zero-order chi connectivity index (χ0) is 14.2. The average Bonchev–Trinajstić information content (AvgIpc) is 2.37. The Morgan fingerprint density at radius 1 is 0.947 bits per heavy atom. The van der Waals surface area contributed by atoms with Gasteiger partial charge in [0.1, 0.15) is 0 Å². The van der Waals surface area contributed by atoms with Crippen molar-refractivity contribution in [1.29, 1.82) is 0 Å². The van der Waals surface area contributed by atoms with Crippen LogP contribution in [0, 0.1) is 27.7 Å². The van der Waals surface area contributed by atoms with Gasteiger partial charge in [-0.1, -0.05) is 23.7 Å². The monoisotopic (exact) mass is 272 g/mol. The first-order valence-corrected chi connectivity index (χ1v) is 6.66.